The number of thiazole rings is 1. The Labute approximate surface area is 171 Å². The van der Waals surface area contributed by atoms with Crippen LogP contribution in [0.25, 0.3) is 5.57 Å². The summed E-state index contributed by atoms with van der Waals surface area (Å²) < 4.78 is 0.742. The van der Waals surface area contributed by atoms with E-state index in [-0.39, 0.29) is 23.6 Å². The number of amides is 1. The fraction of sp³-hybridized carbons (Fsp3) is 0.526. The van der Waals surface area contributed by atoms with E-state index < -0.39 is 18.0 Å². The quantitative estimate of drug-likeness (QED) is 0.680. The molecule has 3 aliphatic rings. The maximum absolute atomic E-state index is 12.4. The molecular weight excluding hydrogens is 398 g/mol. The molecule has 9 heteroatoms. The molecule has 0 spiro atoms. The molecular formula is C19H22N3O4S2-. The molecule has 1 aromatic heterocycles. The van der Waals surface area contributed by atoms with Crippen molar-refractivity contribution in [2.45, 2.75) is 49.7 Å². The summed E-state index contributed by atoms with van der Waals surface area (Å²) in [4.78, 5) is 30.7. The second-order valence-electron chi connectivity index (χ2n) is 7.60. The van der Waals surface area contributed by atoms with E-state index in [9.17, 15) is 19.8 Å². The molecule has 1 aromatic rings. The lowest BCUT2D eigenvalue weighted by atomic mass is 9.79. The Morgan fingerprint density at radius 2 is 2.25 bits per heavy atom. The number of fused-ring (bicyclic) bond motifs is 1. The van der Waals surface area contributed by atoms with Crippen molar-refractivity contribution in [3.05, 3.63) is 27.8 Å². The maximum atomic E-state index is 12.4. The summed E-state index contributed by atoms with van der Waals surface area (Å²) in [6.07, 6.45) is 2.21. The topological polar surface area (TPSA) is 106 Å². The second kappa shape index (κ2) is 7.29. The van der Waals surface area contributed by atoms with Crippen molar-refractivity contribution in [3.63, 3.8) is 0 Å². The molecule has 7 nitrogen and oxygen atoms in total. The highest BCUT2D eigenvalue weighted by atomic mass is 32.2. The molecule has 4 rings (SSSR count). The van der Waals surface area contributed by atoms with Gasteiger partial charge in [0.2, 0.25) is 5.91 Å². The van der Waals surface area contributed by atoms with Crippen molar-refractivity contribution in [2.75, 3.05) is 6.54 Å². The van der Waals surface area contributed by atoms with Crippen molar-refractivity contribution in [1.82, 2.24) is 15.2 Å². The fourth-order valence-electron chi connectivity index (χ4n) is 4.27. The summed E-state index contributed by atoms with van der Waals surface area (Å²) in [6.45, 7) is 6.40. The van der Waals surface area contributed by atoms with E-state index in [4.69, 9.17) is 0 Å². The number of thioether (sulfide) groups is 1. The molecule has 1 amide bonds. The Kier molecular flexibility index (Phi) is 5.11. The number of nitrogens with one attached hydrogen (secondary N) is 1. The minimum atomic E-state index is -1.36. The van der Waals surface area contributed by atoms with Crippen LogP contribution in [0.15, 0.2) is 26.4 Å². The number of carboxylic acids is 1. The van der Waals surface area contributed by atoms with Crippen molar-refractivity contribution in [1.29, 1.82) is 0 Å². The first-order chi connectivity index (χ1) is 13.3. The van der Waals surface area contributed by atoms with Gasteiger partial charge in [-0.1, -0.05) is 24.8 Å². The van der Waals surface area contributed by atoms with Gasteiger partial charge in [0.25, 0.3) is 0 Å². The molecule has 4 heterocycles. The van der Waals surface area contributed by atoms with Gasteiger partial charge in [-0.25, -0.2) is 4.98 Å². The number of aromatic nitrogens is 1. The third kappa shape index (κ3) is 3.10. The number of aliphatic hydroxyl groups is 1. The van der Waals surface area contributed by atoms with Crippen molar-refractivity contribution in [3.8, 4) is 0 Å². The van der Waals surface area contributed by atoms with Crippen LogP contribution < -0.4 is 10.4 Å². The number of β-lactam (4-membered cyclic amide) rings is 1. The van der Waals surface area contributed by atoms with Gasteiger partial charge >= 0.3 is 0 Å². The maximum Gasteiger partial charge on any atom is 0.235 e. The van der Waals surface area contributed by atoms with E-state index in [2.05, 4.69) is 23.3 Å². The number of rotatable bonds is 5. The van der Waals surface area contributed by atoms with Crippen LogP contribution in [0.2, 0.25) is 0 Å². The van der Waals surface area contributed by atoms with Crippen LogP contribution >= 0.6 is 23.1 Å². The first kappa shape index (κ1) is 19.6. The highest BCUT2D eigenvalue weighted by molar-refractivity contribution is 8.04. The Hall–Kier alpha value is -1.68. The third-order valence-corrected chi connectivity index (χ3v) is 7.88. The summed E-state index contributed by atoms with van der Waals surface area (Å²) in [5, 5.41) is 27.0. The van der Waals surface area contributed by atoms with Gasteiger partial charge in [-0.15, -0.1) is 11.3 Å². The molecule has 0 aliphatic carbocycles. The van der Waals surface area contributed by atoms with Gasteiger partial charge in [0.1, 0.15) is 0 Å². The van der Waals surface area contributed by atoms with Crippen molar-refractivity contribution < 1.29 is 19.8 Å². The second-order valence-corrected chi connectivity index (χ2v) is 9.74. The minimum absolute atomic E-state index is 0.0733. The number of hydrogen-bond acceptors (Lipinski definition) is 8. The number of nitrogens with zero attached hydrogens (tertiary/aromatic N) is 2. The van der Waals surface area contributed by atoms with Crippen LogP contribution in [0.3, 0.4) is 0 Å². The van der Waals surface area contributed by atoms with Crippen LogP contribution in [0.1, 0.15) is 32.9 Å². The molecule has 2 N–H and O–H groups in total. The molecule has 28 heavy (non-hydrogen) atoms. The molecule has 0 aromatic carbocycles. The van der Waals surface area contributed by atoms with E-state index >= 15 is 0 Å². The lowest BCUT2D eigenvalue weighted by molar-refractivity contribution is -0.301. The monoisotopic (exact) mass is 420 g/mol. The van der Waals surface area contributed by atoms with E-state index in [1.54, 1.807) is 6.92 Å². The summed E-state index contributed by atoms with van der Waals surface area (Å²) in [5.74, 6) is -2.48. The first-order valence-electron chi connectivity index (χ1n) is 9.32. The lowest BCUT2D eigenvalue weighted by Gasteiger charge is -2.47. The average Bonchev–Trinajstić information content (AvgIpc) is 3.18. The van der Waals surface area contributed by atoms with Crippen LogP contribution in [-0.2, 0) is 9.59 Å². The first-order valence-corrected chi connectivity index (χ1v) is 11.0. The van der Waals surface area contributed by atoms with Gasteiger partial charge in [0.15, 0.2) is 4.34 Å². The minimum Gasteiger partial charge on any atom is -0.543 e. The van der Waals surface area contributed by atoms with Gasteiger partial charge in [-0.3, -0.25) is 4.79 Å². The van der Waals surface area contributed by atoms with Crippen LogP contribution in [-0.4, -0.2) is 51.6 Å². The Bertz CT molecular complexity index is 891. The van der Waals surface area contributed by atoms with Crippen molar-refractivity contribution >= 4 is 40.5 Å². The van der Waals surface area contributed by atoms with Gasteiger partial charge in [0.05, 0.1) is 35.4 Å². The molecule has 1 saturated heterocycles. The predicted octanol–water partition coefficient (Wildman–Crippen LogP) is 0.819. The number of hydrogen-bond donors (Lipinski definition) is 2. The van der Waals surface area contributed by atoms with Crippen LogP contribution in [0.5, 0.6) is 0 Å². The largest absolute Gasteiger partial charge is 0.543 e. The molecule has 0 saturated carbocycles. The van der Waals surface area contributed by atoms with Crippen molar-refractivity contribution in [2.24, 2.45) is 11.8 Å². The number of carboxylic acid groups (broad SMARTS) is 1. The normalized spacial score (nSPS) is 30.8. The highest BCUT2D eigenvalue weighted by Crippen LogP contribution is 2.52. The summed E-state index contributed by atoms with van der Waals surface area (Å²) in [5.41, 5.74) is 2.04. The summed E-state index contributed by atoms with van der Waals surface area (Å²) >= 11 is 2.76. The highest BCUT2D eigenvalue weighted by Gasteiger charge is 2.58. The number of carbonyl (C=O) groups is 2. The Morgan fingerprint density at radius 3 is 2.89 bits per heavy atom. The molecule has 150 valence electrons. The van der Waals surface area contributed by atoms with E-state index in [0.29, 0.717) is 10.9 Å². The molecule has 0 radical (unpaired) electrons. The number of carbonyl (C=O) groups excluding carboxylic acids is 2. The van der Waals surface area contributed by atoms with Gasteiger partial charge in [-0.2, -0.15) is 0 Å². The van der Waals surface area contributed by atoms with Gasteiger partial charge in [-0.05, 0) is 25.8 Å². The Balaban J connectivity index is 1.60. The van der Waals surface area contributed by atoms with Gasteiger partial charge in [0, 0.05) is 28.8 Å². The molecule has 1 fully saturated rings. The SMILES string of the molecule is C[C@@H]1CC(c2csc(SC3=C(C(=O)[O-])N4C(=O)[C@H]([C@@H](C)O)[C@H]4[C@H]3C)n2)=CCN1. The van der Waals surface area contributed by atoms with Gasteiger partial charge < -0.3 is 25.2 Å². The third-order valence-electron chi connectivity index (χ3n) is 5.65. The summed E-state index contributed by atoms with van der Waals surface area (Å²) in [7, 11) is 0. The average molecular weight is 421 g/mol. The molecule has 0 unspecified atom stereocenters. The fourth-order valence-corrected chi connectivity index (χ4v) is 6.38. The zero-order valence-electron chi connectivity index (χ0n) is 15.8. The smallest absolute Gasteiger partial charge is 0.235 e. The van der Waals surface area contributed by atoms with Crippen LogP contribution in [0.4, 0.5) is 0 Å². The number of aliphatic carboxylic acids is 1. The van der Waals surface area contributed by atoms with E-state index in [0.717, 1.165) is 23.0 Å². The number of aliphatic hydroxyl groups excluding tert-OH is 1. The van der Waals surface area contributed by atoms with E-state index in [1.165, 1.54) is 33.6 Å². The molecule has 3 aliphatic heterocycles. The van der Waals surface area contributed by atoms with E-state index in [1.807, 2.05) is 12.3 Å². The zero-order chi connectivity index (χ0) is 20.2. The summed E-state index contributed by atoms with van der Waals surface area (Å²) in [6, 6.07) is 0.0576. The molecule has 0 bridgehead atoms. The predicted molar refractivity (Wildman–Crippen MR) is 105 cm³/mol. The molecule has 5 atom stereocenters. The standard InChI is InChI=1S/C19H23N3O4S2/c1-8-6-11(4-5-20-8)12-7-27-19(21-12)28-16-9(2)14-13(10(3)23)17(24)22(14)15(16)18(25)26/h4,7-10,13-14,20,23H,5-6H2,1-3H3,(H,25,26)/p-1/t8-,9-,10-,13-,14-/m1/s1. The lowest BCUT2D eigenvalue weighted by Crippen LogP contribution is -2.64. The Morgan fingerprint density at radius 1 is 1.50 bits per heavy atom. The van der Waals surface area contributed by atoms with Crippen LogP contribution in [0, 0.1) is 11.8 Å². The zero-order valence-corrected chi connectivity index (χ0v) is 17.5.